The molecule has 2 heteroatoms. The van der Waals surface area contributed by atoms with Crippen molar-refractivity contribution in [3.8, 4) is 0 Å². The van der Waals surface area contributed by atoms with E-state index in [0.29, 0.717) is 6.54 Å². The molecule has 0 aliphatic rings. The van der Waals surface area contributed by atoms with Crippen LogP contribution in [0.15, 0.2) is 48.5 Å². The molecular formula is C19H26N2. The van der Waals surface area contributed by atoms with Crippen molar-refractivity contribution in [1.29, 1.82) is 0 Å². The molecule has 0 bridgehead atoms. The zero-order chi connectivity index (χ0) is 15.5. The summed E-state index contributed by atoms with van der Waals surface area (Å²) in [6, 6.07) is 17.2. The zero-order valence-corrected chi connectivity index (χ0v) is 13.6. The molecule has 0 heterocycles. The van der Waals surface area contributed by atoms with Crippen molar-refractivity contribution in [3.05, 3.63) is 65.2 Å². The zero-order valence-electron chi connectivity index (χ0n) is 13.6. The molecule has 2 rings (SSSR count). The number of hydrogen-bond donors (Lipinski definition) is 1. The lowest BCUT2D eigenvalue weighted by atomic mass is 9.82. The Morgan fingerprint density at radius 3 is 2.29 bits per heavy atom. The molecule has 0 spiro atoms. The van der Waals surface area contributed by atoms with E-state index in [1.54, 1.807) is 0 Å². The van der Waals surface area contributed by atoms with E-state index in [1.165, 1.54) is 22.4 Å². The van der Waals surface area contributed by atoms with Crippen molar-refractivity contribution in [2.75, 3.05) is 25.0 Å². The number of nitrogens with zero attached hydrogens (tertiary/aromatic N) is 1. The van der Waals surface area contributed by atoms with Crippen LogP contribution in [0.5, 0.6) is 0 Å². The number of likely N-dealkylation sites (N-methyl/N-ethyl adjacent to an activating group) is 1. The largest absolute Gasteiger partial charge is 0.373 e. The summed E-state index contributed by atoms with van der Waals surface area (Å²) in [4.78, 5) is 2.31. The van der Waals surface area contributed by atoms with E-state index in [-0.39, 0.29) is 5.41 Å². The summed E-state index contributed by atoms with van der Waals surface area (Å²) >= 11 is 0. The van der Waals surface area contributed by atoms with E-state index in [1.807, 2.05) is 6.07 Å². The normalized spacial score (nSPS) is 13.8. The van der Waals surface area contributed by atoms with Gasteiger partial charge in [-0.05, 0) is 31.0 Å². The standard InChI is InChI=1S/C19H26N2/c1-15-10-11-18(16(2)12-15)21(4)14-19(3,13-20)17-8-6-5-7-9-17/h5-12H,13-14,20H2,1-4H3. The van der Waals surface area contributed by atoms with Gasteiger partial charge in [-0.15, -0.1) is 0 Å². The first-order chi connectivity index (χ1) is 9.96. The molecular weight excluding hydrogens is 256 g/mol. The molecule has 0 aliphatic heterocycles. The molecule has 0 aliphatic carbocycles. The van der Waals surface area contributed by atoms with Gasteiger partial charge in [0.15, 0.2) is 0 Å². The van der Waals surface area contributed by atoms with Crippen LogP contribution in [0, 0.1) is 13.8 Å². The molecule has 2 N–H and O–H groups in total. The van der Waals surface area contributed by atoms with E-state index >= 15 is 0 Å². The van der Waals surface area contributed by atoms with Crippen LogP contribution >= 0.6 is 0 Å². The summed E-state index contributed by atoms with van der Waals surface area (Å²) in [7, 11) is 2.15. The van der Waals surface area contributed by atoms with E-state index < -0.39 is 0 Å². The molecule has 1 atom stereocenters. The van der Waals surface area contributed by atoms with Gasteiger partial charge < -0.3 is 10.6 Å². The highest BCUT2D eigenvalue weighted by atomic mass is 15.1. The van der Waals surface area contributed by atoms with Gasteiger partial charge in [-0.2, -0.15) is 0 Å². The van der Waals surface area contributed by atoms with Gasteiger partial charge in [-0.25, -0.2) is 0 Å². The van der Waals surface area contributed by atoms with Gasteiger partial charge in [-0.1, -0.05) is 55.0 Å². The van der Waals surface area contributed by atoms with Crippen LogP contribution in [0.3, 0.4) is 0 Å². The predicted molar refractivity (Wildman–Crippen MR) is 92.0 cm³/mol. The average molecular weight is 282 g/mol. The molecule has 1 unspecified atom stereocenters. The van der Waals surface area contributed by atoms with Crippen LogP contribution in [-0.2, 0) is 5.41 Å². The van der Waals surface area contributed by atoms with E-state index in [0.717, 1.165) is 6.54 Å². The van der Waals surface area contributed by atoms with E-state index in [9.17, 15) is 0 Å². The molecule has 0 saturated carbocycles. The van der Waals surface area contributed by atoms with Crippen LogP contribution in [-0.4, -0.2) is 20.1 Å². The summed E-state index contributed by atoms with van der Waals surface area (Å²) < 4.78 is 0. The first-order valence-corrected chi connectivity index (χ1v) is 7.50. The lowest BCUT2D eigenvalue weighted by molar-refractivity contribution is 0.485. The fraction of sp³-hybridized carbons (Fsp3) is 0.368. The Hall–Kier alpha value is -1.80. The monoisotopic (exact) mass is 282 g/mol. The smallest absolute Gasteiger partial charge is 0.0393 e. The van der Waals surface area contributed by atoms with Crippen molar-refractivity contribution in [1.82, 2.24) is 0 Å². The second-order valence-electron chi connectivity index (χ2n) is 6.28. The van der Waals surface area contributed by atoms with Crippen LogP contribution in [0.1, 0.15) is 23.6 Å². The second-order valence-corrected chi connectivity index (χ2v) is 6.28. The fourth-order valence-corrected chi connectivity index (χ4v) is 2.96. The first-order valence-electron chi connectivity index (χ1n) is 7.50. The molecule has 2 aromatic carbocycles. The minimum absolute atomic E-state index is 0.0483. The van der Waals surface area contributed by atoms with Crippen molar-refractivity contribution in [3.63, 3.8) is 0 Å². The van der Waals surface area contributed by atoms with Crippen LogP contribution in [0.4, 0.5) is 5.69 Å². The van der Waals surface area contributed by atoms with Gasteiger partial charge >= 0.3 is 0 Å². The molecule has 2 aromatic rings. The van der Waals surface area contributed by atoms with Gasteiger partial charge in [-0.3, -0.25) is 0 Å². The minimum atomic E-state index is -0.0483. The highest BCUT2D eigenvalue weighted by molar-refractivity contribution is 5.54. The van der Waals surface area contributed by atoms with Crippen molar-refractivity contribution in [2.24, 2.45) is 5.73 Å². The molecule has 2 nitrogen and oxygen atoms in total. The van der Waals surface area contributed by atoms with E-state index in [4.69, 9.17) is 5.73 Å². The Morgan fingerprint density at radius 2 is 1.71 bits per heavy atom. The quantitative estimate of drug-likeness (QED) is 0.907. The summed E-state index contributed by atoms with van der Waals surface area (Å²) in [5.74, 6) is 0. The number of hydrogen-bond acceptors (Lipinski definition) is 2. The van der Waals surface area contributed by atoms with Crippen LogP contribution in [0.25, 0.3) is 0 Å². The SMILES string of the molecule is Cc1ccc(N(C)CC(C)(CN)c2ccccc2)c(C)c1. The summed E-state index contributed by atoms with van der Waals surface area (Å²) in [5.41, 5.74) is 11.2. The number of nitrogens with two attached hydrogens (primary N) is 1. The molecule has 112 valence electrons. The van der Waals surface area contributed by atoms with Gasteiger partial charge in [0.2, 0.25) is 0 Å². The Kier molecular flexibility index (Phi) is 4.69. The first kappa shape index (κ1) is 15.6. The lowest BCUT2D eigenvalue weighted by Gasteiger charge is -2.35. The number of aryl methyl sites for hydroxylation is 2. The minimum Gasteiger partial charge on any atom is -0.373 e. The fourth-order valence-electron chi connectivity index (χ4n) is 2.96. The van der Waals surface area contributed by atoms with Gasteiger partial charge in [0.25, 0.3) is 0 Å². The molecule has 0 aromatic heterocycles. The third kappa shape index (κ3) is 3.45. The summed E-state index contributed by atoms with van der Waals surface area (Å²) in [6.07, 6.45) is 0. The maximum Gasteiger partial charge on any atom is 0.0393 e. The van der Waals surface area contributed by atoms with Crippen molar-refractivity contribution >= 4 is 5.69 Å². The van der Waals surface area contributed by atoms with Crippen molar-refractivity contribution in [2.45, 2.75) is 26.2 Å². The molecule has 0 radical (unpaired) electrons. The average Bonchev–Trinajstić information content (AvgIpc) is 2.47. The Morgan fingerprint density at radius 1 is 1.05 bits per heavy atom. The number of benzene rings is 2. The Labute approximate surface area is 128 Å². The Bertz CT molecular complexity index is 592. The lowest BCUT2D eigenvalue weighted by Crippen LogP contribution is -2.42. The molecule has 0 amide bonds. The second kappa shape index (κ2) is 6.31. The van der Waals surface area contributed by atoms with Gasteiger partial charge in [0.05, 0.1) is 0 Å². The molecule has 0 saturated heterocycles. The van der Waals surface area contributed by atoms with E-state index in [2.05, 4.69) is 75.2 Å². The topological polar surface area (TPSA) is 29.3 Å². The maximum absolute atomic E-state index is 6.10. The number of anilines is 1. The van der Waals surface area contributed by atoms with Crippen LogP contribution < -0.4 is 10.6 Å². The van der Waals surface area contributed by atoms with Crippen molar-refractivity contribution < 1.29 is 0 Å². The Balaban J connectivity index is 2.26. The predicted octanol–water partition coefficient (Wildman–Crippen LogP) is 3.66. The summed E-state index contributed by atoms with van der Waals surface area (Å²) in [5, 5.41) is 0. The maximum atomic E-state index is 6.10. The highest BCUT2D eigenvalue weighted by Gasteiger charge is 2.27. The third-order valence-corrected chi connectivity index (χ3v) is 4.27. The molecule has 0 fully saturated rings. The number of rotatable bonds is 5. The van der Waals surface area contributed by atoms with Gasteiger partial charge in [0, 0.05) is 31.2 Å². The van der Waals surface area contributed by atoms with Gasteiger partial charge in [0.1, 0.15) is 0 Å². The third-order valence-electron chi connectivity index (χ3n) is 4.27. The molecule has 21 heavy (non-hydrogen) atoms. The summed E-state index contributed by atoms with van der Waals surface area (Å²) in [6.45, 7) is 8.07. The highest BCUT2D eigenvalue weighted by Crippen LogP contribution is 2.27. The van der Waals surface area contributed by atoms with Crippen LogP contribution in [0.2, 0.25) is 0 Å².